The molecule has 7 heteroatoms. The Hall–Kier alpha value is -1.60. The van der Waals surface area contributed by atoms with E-state index in [1.54, 1.807) is 0 Å². The number of benzene rings is 1. The van der Waals surface area contributed by atoms with Crippen molar-refractivity contribution in [3.05, 3.63) is 35.1 Å². The molecule has 3 rings (SSSR count). The summed E-state index contributed by atoms with van der Waals surface area (Å²) in [5, 5.41) is 4.59. The van der Waals surface area contributed by atoms with E-state index in [-0.39, 0.29) is 0 Å². The van der Waals surface area contributed by atoms with Gasteiger partial charge in [0, 0.05) is 6.54 Å². The van der Waals surface area contributed by atoms with Gasteiger partial charge in [-0.25, -0.2) is 15.0 Å². The number of nitrogens with one attached hydrogen (secondary N) is 1. The second-order valence-electron chi connectivity index (χ2n) is 4.32. The summed E-state index contributed by atoms with van der Waals surface area (Å²) in [5.41, 5.74) is 1.61. The van der Waals surface area contributed by atoms with E-state index in [1.807, 2.05) is 24.3 Å². The minimum Gasteiger partial charge on any atom is -0.431 e. The SMILES string of the molecule is CCCNc1ncnc(Sc2nc3ccccc3o2)c1Br. The van der Waals surface area contributed by atoms with Crippen LogP contribution in [-0.2, 0) is 0 Å². The first-order valence-electron chi connectivity index (χ1n) is 6.55. The molecular weight excluding hydrogens is 352 g/mol. The Balaban J connectivity index is 1.87. The average molecular weight is 365 g/mol. The van der Waals surface area contributed by atoms with Crippen molar-refractivity contribution in [3.63, 3.8) is 0 Å². The van der Waals surface area contributed by atoms with Crippen LogP contribution in [0.1, 0.15) is 13.3 Å². The summed E-state index contributed by atoms with van der Waals surface area (Å²) in [4.78, 5) is 12.9. The number of oxazole rings is 1. The van der Waals surface area contributed by atoms with Crippen LogP contribution in [0.15, 0.2) is 49.7 Å². The molecule has 0 atom stereocenters. The van der Waals surface area contributed by atoms with Gasteiger partial charge in [-0.15, -0.1) is 0 Å². The Morgan fingerprint density at radius 3 is 2.95 bits per heavy atom. The van der Waals surface area contributed by atoms with Gasteiger partial charge in [-0.1, -0.05) is 19.1 Å². The van der Waals surface area contributed by atoms with E-state index in [4.69, 9.17) is 4.42 Å². The zero-order valence-corrected chi connectivity index (χ0v) is 13.7. The van der Waals surface area contributed by atoms with Crippen molar-refractivity contribution in [2.45, 2.75) is 23.6 Å². The molecular formula is C14H13BrN4OS. The van der Waals surface area contributed by atoms with Crippen LogP contribution in [0.4, 0.5) is 5.82 Å². The van der Waals surface area contributed by atoms with Crippen LogP contribution < -0.4 is 5.32 Å². The molecule has 0 amide bonds. The highest BCUT2D eigenvalue weighted by Gasteiger charge is 2.13. The number of para-hydroxylation sites is 2. The van der Waals surface area contributed by atoms with Gasteiger partial charge in [-0.05, 0) is 46.2 Å². The molecule has 0 aliphatic rings. The van der Waals surface area contributed by atoms with E-state index < -0.39 is 0 Å². The van der Waals surface area contributed by atoms with Crippen LogP contribution in [0.2, 0.25) is 0 Å². The van der Waals surface area contributed by atoms with Gasteiger partial charge in [0.25, 0.3) is 5.22 Å². The second-order valence-corrected chi connectivity index (χ2v) is 6.05. The van der Waals surface area contributed by atoms with E-state index in [0.29, 0.717) is 5.22 Å². The zero-order valence-electron chi connectivity index (χ0n) is 11.3. The van der Waals surface area contributed by atoms with Crippen LogP contribution in [-0.4, -0.2) is 21.5 Å². The summed E-state index contributed by atoms with van der Waals surface area (Å²) >= 11 is 4.91. The first-order chi connectivity index (χ1) is 10.3. The third kappa shape index (κ3) is 3.19. The highest BCUT2D eigenvalue weighted by Crippen LogP contribution is 2.35. The highest BCUT2D eigenvalue weighted by atomic mass is 79.9. The lowest BCUT2D eigenvalue weighted by molar-refractivity contribution is 0.489. The number of fused-ring (bicyclic) bond motifs is 1. The van der Waals surface area contributed by atoms with Gasteiger partial charge in [0.05, 0.1) is 4.47 Å². The number of hydrogen-bond donors (Lipinski definition) is 1. The number of aromatic nitrogens is 3. The van der Waals surface area contributed by atoms with Crippen molar-refractivity contribution in [2.24, 2.45) is 0 Å². The molecule has 0 saturated heterocycles. The molecule has 0 bridgehead atoms. The summed E-state index contributed by atoms with van der Waals surface area (Å²) in [7, 11) is 0. The van der Waals surface area contributed by atoms with E-state index in [1.165, 1.54) is 18.1 Å². The first-order valence-corrected chi connectivity index (χ1v) is 8.16. The monoisotopic (exact) mass is 364 g/mol. The van der Waals surface area contributed by atoms with Crippen LogP contribution in [0.3, 0.4) is 0 Å². The maximum absolute atomic E-state index is 5.70. The Morgan fingerprint density at radius 2 is 2.14 bits per heavy atom. The maximum Gasteiger partial charge on any atom is 0.263 e. The molecule has 0 aliphatic carbocycles. The van der Waals surface area contributed by atoms with Crippen molar-refractivity contribution in [1.29, 1.82) is 0 Å². The predicted octanol–water partition coefficient (Wildman–Crippen LogP) is 4.35. The molecule has 108 valence electrons. The van der Waals surface area contributed by atoms with Gasteiger partial charge in [0.2, 0.25) is 0 Å². The molecule has 0 aliphatic heterocycles. The van der Waals surface area contributed by atoms with Gasteiger partial charge in [-0.3, -0.25) is 0 Å². The Bertz CT molecular complexity index is 729. The van der Waals surface area contributed by atoms with Crippen LogP contribution in [0.25, 0.3) is 11.1 Å². The van der Waals surface area contributed by atoms with Gasteiger partial charge >= 0.3 is 0 Å². The lowest BCUT2D eigenvalue weighted by Crippen LogP contribution is -2.03. The smallest absolute Gasteiger partial charge is 0.263 e. The maximum atomic E-state index is 5.70. The fourth-order valence-electron chi connectivity index (χ4n) is 1.77. The zero-order chi connectivity index (χ0) is 14.7. The largest absolute Gasteiger partial charge is 0.431 e. The van der Waals surface area contributed by atoms with Gasteiger partial charge in [0.15, 0.2) is 5.58 Å². The standard InChI is InChI=1S/C14H13BrN4OS/c1-2-7-16-12-11(15)13(18-8-17-12)21-14-19-9-5-3-4-6-10(9)20-14/h3-6,8H,2,7H2,1H3,(H,16,17,18). The average Bonchev–Trinajstić information content (AvgIpc) is 2.90. The van der Waals surface area contributed by atoms with E-state index in [2.05, 4.69) is 43.1 Å². The highest BCUT2D eigenvalue weighted by molar-refractivity contribution is 9.10. The van der Waals surface area contributed by atoms with E-state index in [9.17, 15) is 0 Å². The molecule has 2 heterocycles. The molecule has 2 aromatic heterocycles. The molecule has 3 aromatic rings. The third-order valence-electron chi connectivity index (χ3n) is 2.76. The fraction of sp³-hybridized carbons (Fsp3) is 0.214. The molecule has 0 saturated carbocycles. The molecule has 0 fully saturated rings. The van der Waals surface area contributed by atoms with Gasteiger partial charge in [-0.2, -0.15) is 0 Å². The van der Waals surface area contributed by atoms with E-state index in [0.717, 1.165) is 39.4 Å². The number of nitrogens with zero attached hydrogens (tertiary/aromatic N) is 3. The second kappa shape index (κ2) is 6.44. The first kappa shape index (κ1) is 14.3. The van der Waals surface area contributed by atoms with Crippen molar-refractivity contribution >= 4 is 44.6 Å². The topological polar surface area (TPSA) is 63.8 Å². The molecule has 21 heavy (non-hydrogen) atoms. The Labute approximate surface area is 134 Å². The molecule has 0 unspecified atom stereocenters. The summed E-state index contributed by atoms with van der Waals surface area (Å²) in [5.74, 6) is 0.783. The van der Waals surface area contributed by atoms with E-state index >= 15 is 0 Å². The summed E-state index contributed by atoms with van der Waals surface area (Å²) < 4.78 is 6.52. The third-order valence-corrected chi connectivity index (χ3v) is 4.62. The number of halogens is 1. The fourth-order valence-corrected chi connectivity index (χ4v) is 3.08. The number of hydrogen-bond acceptors (Lipinski definition) is 6. The lowest BCUT2D eigenvalue weighted by atomic mass is 10.3. The minimum absolute atomic E-state index is 0.567. The number of anilines is 1. The predicted molar refractivity (Wildman–Crippen MR) is 86.6 cm³/mol. The summed E-state index contributed by atoms with van der Waals surface area (Å²) in [6.07, 6.45) is 2.57. The Kier molecular flexibility index (Phi) is 4.40. The Morgan fingerprint density at radius 1 is 1.29 bits per heavy atom. The molecule has 0 radical (unpaired) electrons. The quantitative estimate of drug-likeness (QED) is 0.678. The normalized spacial score (nSPS) is 11.0. The van der Waals surface area contributed by atoms with Gasteiger partial charge in [0.1, 0.15) is 22.7 Å². The molecule has 1 aromatic carbocycles. The minimum atomic E-state index is 0.567. The van der Waals surface area contributed by atoms with Crippen LogP contribution >= 0.6 is 27.7 Å². The van der Waals surface area contributed by atoms with Gasteiger partial charge < -0.3 is 9.73 Å². The van der Waals surface area contributed by atoms with Crippen molar-refractivity contribution < 1.29 is 4.42 Å². The van der Waals surface area contributed by atoms with Crippen molar-refractivity contribution in [3.8, 4) is 0 Å². The van der Waals surface area contributed by atoms with Crippen molar-refractivity contribution in [1.82, 2.24) is 15.0 Å². The number of rotatable bonds is 5. The molecule has 5 nitrogen and oxygen atoms in total. The van der Waals surface area contributed by atoms with Crippen LogP contribution in [0.5, 0.6) is 0 Å². The lowest BCUT2D eigenvalue weighted by Gasteiger charge is -2.07. The van der Waals surface area contributed by atoms with Crippen LogP contribution in [0, 0.1) is 0 Å². The summed E-state index contributed by atoms with van der Waals surface area (Å²) in [6.45, 7) is 2.97. The molecule has 1 N–H and O–H groups in total. The molecule has 0 spiro atoms. The van der Waals surface area contributed by atoms with Crippen molar-refractivity contribution in [2.75, 3.05) is 11.9 Å². The summed E-state index contributed by atoms with van der Waals surface area (Å²) in [6, 6.07) is 7.68.